The minimum atomic E-state index is -0.278. The van der Waals surface area contributed by atoms with Crippen molar-refractivity contribution in [3.8, 4) is 6.07 Å². The Morgan fingerprint density at radius 3 is 2.76 bits per heavy atom. The van der Waals surface area contributed by atoms with Gasteiger partial charge in [-0.15, -0.1) is 5.10 Å². The first-order chi connectivity index (χ1) is 8.04. The molecule has 17 heavy (non-hydrogen) atoms. The Labute approximate surface area is 101 Å². The summed E-state index contributed by atoms with van der Waals surface area (Å²) in [5.41, 5.74) is 1.17. The molecule has 0 unspecified atom stereocenters. The highest BCUT2D eigenvalue weighted by molar-refractivity contribution is 5.13. The van der Waals surface area contributed by atoms with Crippen molar-refractivity contribution in [1.82, 2.24) is 15.0 Å². The molecular weight excluding hydrogens is 220 g/mol. The number of nitrogens with zero attached hydrogens (tertiary/aromatic N) is 4. The van der Waals surface area contributed by atoms with Crippen LogP contribution in [-0.2, 0) is 24.3 Å². The van der Waals surface area contributed by atoms with Crippen molar-refractivity contribution in [3.05, 3.63) is 11.4 Å². The average Bonchev–Trinajstić information content (AvgIpc) is 2.63. The van der Waals surface area contributed by atoms with Crippen molar-refractivity contribution in [3.63, 3.8) is 0 Å². The molecule has 0 fully saturated rings. The second-order valence-electron chi connectivity index (χ2n) is 4.73. The van der Waals surface area contributed by atoms with Crippen LogP contribution in [0, 0.1) is 16.7 Å². The predicted octanol–water partition coefficient (Wildman–Crippen LogP) is 0.509. The Morgan fingerprint density at radius 1 is 1.53 bits per heavy atom. The second kappa shape index (κ2) is 5.75. The number of aliphatic hydroxyl groups excluding tert-OH is 1. The van der Waals surface area contributed by atoms with Gasteiger partial charge in [-0.05, 0) is 0 Å². The first-order valence-electron chi connectivity index (χ1n) is 5.42. The quantitative estimate of drug-likeness (QED) is 0.780. The van der Waals surface area contributed by atoms with E-state index in [0.29, 0.717) is 18.8 Å². The molecule has 0 aliphatic rings. The zero-order valence-electron chi connectivity index (χ0n) is 10.5. The Balaban J connectivity index is 2.95. The maximum absolute atomic E-state index is 9.24. The minimum Gasteiger partial charge on any atom is -0.396 e. The molecule has 6 heteroatoms. The van der Waals surface area contributed by atoms with Crippen LogP contribution in [-0.4, -0.2) is 33.8 Å². The van der Waals surface area contributed by atoms with E-state index < -0.39 is 0 Å². The van der Waals surface area contributed by atoms with Gasteiger partial charge in [-0.2, -0.15) is 5.26 Å². The van der Waals surface area contributed by atoms with Crippen LogP contribution in [0.15, 0.2) is 0 Å². The lowest BCUT2D eigenvalue weighted by Crippen LogP contribution is -2.25. The predicted molar refractivity (Wildman–Crippen MR) is 60.9 cm³/mol. The van der Waals surface area contributed by atoms with Crippen molar-refractivity contribution < 1.29 is 9.84 Å². The van der Waals surface area contributed by atoms with Crippen molar-refractivity contribution in [2.75, 3.05) is 13.7 Å². The largest absolute Gasteiger partial charge is 0.396 e. The number of hydrogen-bond donors (Lipinski definition) is 1. The fourth-order valence-corrected chi connectivity index (χ4v) is 1.46. The molecule has 0 aliphatic carbocycles. The molecule has 0 spiro atoms. The number of methoxy groups -OCH3 is 1. The lowest BCUT2D eigenvalue weighted by Gasteiger charge is -2.22. The maximum atomic E-state index is 9.24. The van der Waals surface area contributed by atoms with Crippen molar-refractivity contribution >= 4 is 0 Å². The fourth-order valence-electron chi connectivity index (χ4n) is 1.46. The summed E-state index contributed by atoms with van der Waals surface area (Å²) < 4.78 is 6.79. The third kappa shape index (κ3) is 3.51. The molecule has 0 aromatic carbocycles. The molecule has 0 amide bonds. The Hall–Kier alpha value is -1.45. The smallest absolute Gasteiger partial charge is 0.102 e. The van der Waals surface area contributed by atoms with E-state index >= 15 is 0 Å². The number of rotatable bonds is 6. The van der Waals surface area contributed by atoms with Crippen LogP contribution >= 0.6 is 0 Å². The van der Waals surface area contributed by atoms with Crippen molar-refractivity contribution in [2.24, 2.45) is 5.41 Å². The fraction of sp³-hybridized carbons (Fsp3) is 0.727. The monoisotopic (exact) mass is 238 g/mol. The van der Waals surface area contributed by atoms with E-state index in [9.17, 15) is 5.11 Å². The van der Waals surface area contributed by atoms with E-state index in [0.717, 1.165) is 5.69 Å². The molecule has 0 saturated carbocycles. The Bertz CT molecular complexity index is 406. The van der Waals surface area contributed by atoms with Crippen molar-refractivity contribution in [2.45, 2.75) is 33.4 Å². The molecule has 0 aliphatic heterocycles. The van der Waals surface area contributed by atoms with Crippen LogP contribution in [0.3, 0.4) is 0 Å². The molecule has 0 atom stereocenters. The van der Waals surface area contributed by atoms with Crippen LogP contribution in [0.2, 0.25) is 0 Å². The number of ether oxygens (including phenoxy) is 1. The molecule has 1 rings (SSSR count). The van der Waals surface area contributed by atoms with Crippen LogP contribution in [0.5, 0.6) is 0 Å². The van der Waals surface area contributed by atoms with Gasteiger partial charge in [-0.3, -0.25) is 0 Å². The zero-order chi connectivity index (χ0) is 12.9. The van der Waals surface area contributed by atoms with Crippen LogP contribution < -0.4 is 0 Å². The molecule has 94 valence electrons. The Kier molecular flexibility index (Phi) is 4.61. The van der Waals surface area contributed by atoms with Crippen LogP contribution in [0.4, 0.5) is 0 Å². The van der Waals surface area contributed by atoms with E-state index in [1.165, 1.54) is 0 Å². The van der Waals surface area contributed by atoms with Crippen LogP contribution in [0.25, 0.3) is 0 Å². The van der Waals surface area contributed by atoms with Gasteiger partial charge in [0.1, 0.15) is 5.69 Å². The molecule has 6 nitrogen and oxygen atoms in total. The normalized spacial score (nSPS) is 11.5. The summed E-state index contributed by atoms with van der Waals surface area (Å²) in [6.45, 7) is 4.85. The van der Waals surface area contributed by atoms with Gasteiger partial charge in [0, 0.05) is 19.1 Å². The SMILES string of the molecule is COCc1c(CC#N)nnn1CC(C)(C)CO. The average molecular weight is 238 g/mol. The summed E-state index contributed by atoms with van der Waals surface area (Å²) in [5.74, 6) is 0. The van der Waals surface area contributed by atoms with E-state index in [1.54, 1.807) is 11.8 Å². The second-order valence-corrected chi connectivity index (χ2v) is 4.73. The van der Waals surface area contributed by atoms with Crippen molar-refractivity contribution in [1.29, 1.82) is 5.26 Å². The van der Waals surface area contributed by atoms with Gasteiger partial charge >= 0.3 is 0 Å². The van der Waals surface area contributed by atoms with Gasteiger partial charge in [-0.25, -0.2) is 4.68 Å². The summed E-state index contributed by atoms with van der Waals surface area (Å²) >= 11 is 0. The minimum absolute atomic E-state index is 0.0624. The van der Waals surface area contributed by atoms with E-state index in [-0.39, 0.29) is 18.4 Å². The van der Waals surface area contributed by atoms with Crippen LogP contribution in [0.1, 0.15) is 25.2 Å². The number of nitriles is 1. The highest BCUT2D eigenvalue weighted by Gasteiger charge is 2.21. The summed E-state index contributed by atoms with van der Waals surface area (Å²) in [7, 11) is 1.59. The van der Waals surface area contributed by atoms with E-state index in [2.05, 4.69) is 16.4 Å². The van der Waals surface area contributed by atoms with E-state index in [1.807, 2.05) is 13.8 Å². The van der Waals surface area contributed by atoms with Gasteiger partial charge in [-0.1, -0.05) is 19.1 Å². The lowest BCUT2D eigenvalue weighted by atomic mass is 9.95. The zero-order valence-corrected chi connectivity index (χ0v) is 10.5. The van der Waals surface area contributed by atoms with E-state index in [4.69, 9.17) is 10.00 Å². The third-order valence-electron chi connectivity index (χ3n) is 2.45. The summed E-state index contributed by atoms with van der Waals surface area (Å²) in [5, 5.41) is 25.9. The summed E-state index contributed by atoms with van der Waals surface area (Å²) in [6, 6.07) is 2.05. The number of aromatic nitrogens is 3. The molecule has 0 radical (unpaired) electrons. The highest BCUT2D eigenvalue weighted by atomic mass is 16.5. The first-order valence-corrected chi connectivity index (χ1v) is 5.42. The third-order valence-corrected chi connectivity index (χ3v) is 2.45. The van der Waals surface area contributed by atoms with Gasteiger partial charge in [0.2, 0.25) is 0 Å². The van der Waals surface area contributed by atoms with Gasteiger partial charge in [0.15, 0.2) is 0 Å². The molecule has 1 N–H and O–H groups in total. The Morgan fingerprint density at radius 2 is 2.24 bits per heavy atom. The topological polar surface area (TPSA) is 84.0 Å². The van der Waals surface area contributed by atoms with Gasteiger partial charge < -0.3 is 9.84 Å². The highest BCUT2D eigenvalue weighted by Crippen LogP contribution is 2.19. The lowest BCUT2D eigenvalue weighted by molar-refractivity contribution is 0.127. The first kappa shape index (κ1) is 13.6. The molecule has 1 aromatic heterocycles. The summed E-state index contributed by atoms with van der Waals surface area (Å²) in [6.07, 6.45) is 0.220. The molecule has 1 heterocycles. The maximum Gasteiger partial charge on any atom is 0.102 e. The number of hydrogen-bond acceptors (Lipinski definition) is 5. The van der Waals surface area contributed by atoms with Gasteiger partial charge in [0.05, 0.1) is 31.3 Å². The number of aliphatic hydroxyl groups is 1. The molecular formula is C11H18N4O2. The molecule has 0 saturated heterocycles. The summed E-state index contributed by atoms with van der Waals surface area (Å²) in [4.78, 5) is 0. The molecule has 0 bridgehead atoms. The standard InChI is InChI=1S/C11H18N4O2/c1-11(2,8-16)7-15-10(6-17-3)9(4-5-12)13-14-15/h16H,4,6-8H2,1-3H3. The molecule has 1 aromatic rings. The van der Waals surface area contributed by atoms with Gasteiger partial charge in [0.25, 0.3) is 0 Å².